The standard InChI is InChI=1S/C19H23N5OS/c1-10-9-26-18(20-10)22-17(25)13-8-14(12-6-7-12)21-16-15(13)11(2)23-24(16)19(3,4)5/h8-9,12H,6-7H2,1-5H3,(H,20,22,25). The topological polar surface area (TPSA) is 72.7 Å². The summed E-state index contributed by atoms with van der Waals surface area (Å²) in [5, 5.41) is 11.0. The number of amides is 1. The molecule has 0 radical (unpaired) electrons. The molecule has 0 bridgehead atoms. The van der Waals surface area contributed by atoms with Crippen LogP contribution in [0.1, 0.15) is 67.0 Å². The highest BCUT2D eigenvalue weighted by molar-refractivity contribution is 7.13. The molecule has 0 spiro atoms. The minimum Gasteiger partial charge on any atom is -0.298 e. The summed E-state index contributed by atoms with van der Waals surface area (Å²) in [5.41, 5.74) is 3.94. The lowest BCUT2D eigenvalue weighted by Crippen LogP contribution is -2.23. The highest BCUT2D eigenvalue weighted by atomic mass is 32.1. The molecular weight excluding hydrogens is 346 g/mol. The van der Waals surface area contributed by atoms with Gasteiger partial charge in [0, 0.05) is 17.0 Å². The summed E-state index contributed by atoms with van der Waals surface area (Å²) in [4.78, 5) is 22.3. The molecule has 3 aromatic rings. The minimum absolute atomic E-state index is 0.148. The Morgan fingerprint density at radius 1 is 1.27 bits per heavy atom. The van der Waals surface area contributed by atoms with Crippen LogP contribution in [0, 0.1) is 13.8 Å². The molecule has 0 aromatic carbocycles. The van der Waals surface area contributed by atoms with E-state index in [1.165, 1.54) is 11.3 Å². The second-order valence-corrected chi connectivity index (χ2v) is 8.84. The number of hydrogen-bond acceptors (Lipinski definition) is 5. The van der Waals surface area contributed by atoms with Crippen LogP contribution in [-0.4, -0.2) is 25.7 Å². The fourth-order valence-corrected chi connectivity index (χ4v) is 3.80. The van der Waals surface area contributed by atoms with Crippen LogP contribution >= 0.6 is 11.3 Å². The molecule has 1 saturated carbocycles. The molecule has 4 rings (SSSR count). The van der Waals surface area contributed by atoms with Crippen molar-refractivity contribution in [2.24, 2.45) is 0 Å². The average molecular weight is 369 g/mol. The molecule has 1 N–H and O–H groups in total. The largest absolute Gasteiger partial charge is 0.298 e. The Kier molecular flexibility index (Phi) is 3.87. The smallest absolute Gasteiger partial charge is 0.258 e. The van der Waals surface area contributed by atoms with Crippen molar-refractivity contribution in [3.63, 3.8) is 0 Å². The third-order valence-electron chi connectivity index (χ3n) is 4.55. The number of fused-ring (bicyclic) bond motifs is 1. The number of rotatable bonds is 3. The maximum absolute atomic E-state index is 13.0. The molecule has 1 aliphatic rings. The highest BCUT2D eigenvalue weighted by Crippen LogP contribution is 2.41. The highest BCUT2D eigenvalue weighted by Gasteiger charge is 2.30. The van der Waals surface area contributed by atoms with Crippen molar-refractivity contribution in [3.05, 3.63) is 34.1 Å². The summed E-state index contributed by atoms with van der Waals surface area (Å²) in [5.74, 6) is 0.307. The predicted octanol–water partition coefficient (Wildman–Crippen LogP) is 4.39. The van der Waals surface area contributed by atoms with E-state index in [1.807, 2.05) is 30.0 Å². The van der Waals surface area contributed by atoms with E-state index in [0.717, 1.165) is 41.0 Å². The van der Waals surface area contributed by atoms with Gasteiger partial charge in [-0.2, -0.15) is 5.10 Å². The van der Waals surface area contributed by atoms with Gasteiger partial charge in [-0.05, 0) is 53.5 Å². The maximum atomic E-state index is 13.0. The van der Waals surface area contributed by atoms with Crippen LogP contribution in [0.4, 0.5) is 5.13 Å². The molecule has 0 aliphatic heterocycles. The fraction of sp³-hybridized carbons (Fsp3) is 0.474. The Bertz CT molecular complexity index is 1010. The van der Waals surface area contributed by atoms with Crippen LogP contribution in [-0.2, 0) is 5.54 Å². The Morgan fingerprint density at radius 3 is 2.58 bits per heavy atom. The lowest BCUT2D eigenvalue weighted by atomic mass is 10.1. The van der Waals surface area contributed by atoms with Gasteiger partial charge >= 0.3 is 0 Å². The van der Waals surface area contributed by atoms with Crippen LogP contribution < -0.4 is 5.32 Å². The van der Waals surface area contributed by atoms with Crippen LogP contribution in [0.5, 0.6) is 0 Å². The summed E-state index contributed by atoms with van der Waals surface area (Å²) in [6, 6.07) is 1.94. The zero-order chi connectivity index (χ0) is 18.6. The van der Waals surface area contributed by atoms with Gasteiger partial charge in [0.05, 0.1) is 27.9 Å². The number of anilines is 1. The van der Waals surface area contributed by atoms with E-state index in [9.17, 15) is 4.79 Å². The van der Waals surface area contributed by atoms with E-state index in [4.69, 9.17) is 10.1 Å². The second kappa shape index (κ2) is 5.87. The van der Waals surface area contributed by atoms with Crippen molar-refractivity contribution >= 4 is 33.4 Å². The number of carbonyl (C=O) groups excluding carboxylic acids is 1. The van der Waals surface area contributed by atoms with Crippen molar-refractivity contribution in [1.29, 1.82) is 0 Å². The maximum Gasteiger partial charge on any atom is 0.258 e. The van der Waals surface area contributed by atoms with Gasteiger partial charge < -0.3 is 0 Å². The van der Waals surface area contributed by atoms with Gasteiger partial charge in [0.1, 0.15) is 0 Å². The van der Waals surface area contributed by atoms with Crippen molar-refractivity contribution in [2.75, 3.05) is 5.32 Å². The van der Waals surface area contributed by atoms with Crippen LogP contribution in [0.3, 0.4) is 0 Å². The van der Waals surface area contributed by atoms with Gasteiger partial charge in [-0.3, -0.25) is 10.1 Å². The predicted molar refractivity (Wildman–Crippen MR) is 104 cm³/mol. The minimum atomic E-state index is -0.206. The molecular formula is C19H23N5OS. The molecule has 0 atom stereocenters. The van der Waals surface area contributed by atoms with E-state index in [2.05, 4.69) is 31.1 Å². The lowest BCUT2D eigenvalue weighted by molar-refractivity contribution is 0.102. The summed E-state index contributed by atoms with van der Waals surface area (Å²) >= 11 is 1.43. The lowest BCUT2D eigenvalue weighted by Gasteiger charge is -2.20. The van der Waals surface area contributed by atoms with Gasteiger partial charge in [-0.25, -0.2) is 14.6 Å². The molecule has 1 fully saturated rings. The van der Waals surface area contributed by atoms with E-state index in [1.54, 1.807) is 0 Å². The normalized spacial score (nSPS) is 14.8. The second-order valence-electron chi connectivity index (χ2n) is 7.98. The molecule has 1 aliphatic carbocycles. The average Bonchev–Trinajstić information content (AvgIpc) is 3.25. The molecule has 7 heteroatoms. The first-order valence-electron chi connectivity index (χ1n) is 8.88. The molecule has 0 unspecified atom stereocenters. The van der Waals surface area contributed by atoms with E-state index >= 15 is 0 Å². The first-order chi connectivity index (χ1) is 12.2. The third-order valence-corrected chi connectivity index (χ3v) is 5.42. The third kappa shape index (κ3) is 3.00. The molecule has 26 heavy (non-hydrogen) atoms. The number of hydrogen-bond donors (Lipinski definition) is 1. The van der Waals surface area contributed by atoms with E-state index in [0.29, 0.717) is 16.6 Å². The molecule has 3 aromatic heterocycles. The Hall–Kier alpha value is -2.28. The van der Waals surface area contributed by atoms with Gasteiger partial charge in [0.25, 0.3) is 5.91 Å². The quantitative estimate of drug-likeness (QED) is 0.743. The summed E-state index contributed by atoms with van der Waals surface area (Å²) in [6.45, 7) is 10.2. The number of nitrogens with one attached hydrogen (secondary N) is 1. The molecule has 1 amide bonds. The van der Waals surface area contributed by atoms with Crippen molar-refractivity contribution in [2.45, 2.75) is 58.9 Å². The number of aryl methyl sites for hydroxylation is 2. The molecule has 136 valence electrons. The van der Waals surface area contributed by atoms with Crippen molar-refractivity contribution in [1.82, 2.24) is 19.7 Å². The van der Waals surface area contributed by atoms with Gasteiger partial charge in [-0.1, -0.05) is 0 Å². The first-order valence-corrected chi connectivity index (χ1v) is 9.76. The summed E-state index contributed by atoms with van der Waals surface area (Å²) in [7, 11) is 0. The number of thiazole rings is 1. The first kappa shape index (κ1) is 17.1. The Balaban J connectivity index is 1.87. The zero-order valence-corrected chi connectivity index (χ0v) is 16.6. The fourth-order valence-electron chi connectivity index (χ4n) is 3.12. The van der Waals surface area contributed by atoms with Crippen LogP contribution in [0.15, 0.2) is 11.4 Å². The summed E-state index contributed by atoms with van der Waals surface area (Å²) < 4.78 is 1.94. The van der Waals surface area contributed by atoms with Crippen molar-refractivity contribution in [3.8, 4) is 0 Å². The molecule has 6 nitrogen and oxygen atoms in total. The monoisotopic (exact) mass is 369 g/mol. The van der Waals surface area contributed by atoms with Crippen LogP contribution in [0.25, 0.3) is 11.0 Å². The number of pyridine rings is 1. The number of nitrogens with zero attached hydrogens (tertiary/aromatic N) is 4. The Morgan fingerprint density at radius 2 is 2.00 bits per heavy atom. The number of carbonyl (C=O) groups is 1. The van der Waals surface area contributed by atoms with E-state index in [-0.39, 0.29) is 11.4 Å². The van der Waals surface area contributed by atoms with Crippen molar-refractivity contribution < 1.29 is 4.79 Å². The van der Waals surface area contributed by atoms with Crippen LogP contribution in [0.2, 0.25) is 0 Å². The Labute approximate surface area is 156 Å². The van der Waals surface area contributed by atoms with Gasteiger partial charge in [-0.15, -0.1) is 11.3 Å². The molecule has 3 heterocycles. The SMILES string of the molecule is Cc1csc(NC(=O)c2cc(C3CC3)nc3c2c(C)nn3C(C)(C)C)n1. The van der Waals surface area contributed by atoms with E-state index < -0.39 is 0 Å². The zero-order valence-electron chi connectivity index (χ0n) is 15.8. The summed E-state index contributed by atoms with van der Waals surface area (Å²) in [6.07, 6.45) is 2.27. The van der Waals surface area contributed by atoms with Gasteiger partial charge in [0.2, 0.25) is 0 Å². The van der Waals surface area contributed by atoms with Gasteiger partial charge in [0.15, 0.2) is 10.8 Å². The number of aromatic nitrogens is 4. The molecule has 0 saturated heterocycles.